The van der Waals surface area contributed by atoms with Crippen molar-refractivity contribution < 1.29 is 9.59 Å². The first-order valence-corrected chi connectivity index (χ1v) is 9.13. The van der Waals surface area contributed by atoms with Gasteiger partial charge in [-0.25, -0.2) is 9.97 Å². The second kappa shape index (κ2) is 6.33. The fraction of sp³-hybridized carbons (Fsp3) is 0.400. The van der Waals surface area contributed by atoms with Crippen molar-refractivity contribution in [3.63, 3.8) is 0 Å². The molecule has 2 aliphatic heterocycles. The van der Waals surface area contributed by atoms with Gasteiger partial charge in [-0.05, 0) is 31.4 Å². The highest BCUT2D eigenvalue weighted by Gasteiger charge is 2.48. The summed E-state index contributed by atoms with van der Waals surface area (Å²) < 4.78 is 0. The standard InChI is InChI=1S/C20H23N5O2/c1-13-14(12-21-19(22-13)24(2)3)17(26)25-10-8-20(9-11-25)15-6-4-5-7-16(15)23-18(20)27/h4-7,12H,8-11H2,1-3H3,(H,23,27). The minimum absolute atomic E-state index is 0.0469. The Bertz CT molecular complexity index is 916. The SMILES string of the molecule is Cc1nc(N(C)C)ncc1C(=O)N1CCC2(CC1)C(=O)Nc1ccccc12. The number of likely N-dealkylation sites (tertiary alicyclic amines) is 1. The molecule has 4 rings (SSSR count). The van der Waals surface area contributed by atoms with Crippen LogP contribution in [0.4, 0.5) is 11.6 Å². The molecule has 3 heterocycles. The van der Waals surface area contributed by atoms with Crippen LogP contribution in [0.3, 0.4) is 0 Å². The molecule has 2 aromatic rings. The van der Waals surface area contributed by atoms with Gasteiger partial charge < -0.3 is 15.1 Å². The van der Waals surface area contributed by atoms with E-state index in [4.69, 9.17) is 0 Å². The van der Waals surface area contributed by atoms with E-state index in [1.165, 1.54) is 0 Å². The normalized spacial score (nSPS) is 17.6. The molecule has 1 spiro atoms. The Morgan fingerprint density at radius 1 is 1.22 bits per heavy atom. The molecule has 2 amide bonds. The van der Waals surface area contributed by atoms with Gasteiger partial charge in [-0.3, -0.25) is 9.59 Å². The van der Waals surface area contributed by atoms with Crippen LogP contribution in [0.2, 0.25) is 0 Å². The lowest BCUT2D eigenvalue weighted by atomic mass is 9.73. The first-order valence-electron chi connectivity index (χ1n) is 9.13. The number of nitrogens with one attached hydrogen (secondary N) is 1. The Hall–Kier alpha value is -2.96. The number of carbonyl (C=O) groups is 2. The maximum Gasteiger partial charge on any atom is 0.257 e. The van der Waals surface area contributed by atoms with Crippen molar-refractivity contribution in [2.45, 2.75) is 25.2 Å². The summed E-state index contributed by atoms with van der Waals surface area (Å²) >= 11 is 0. The Morgan fingerprint density at radius 3 is 2.59 bits per heavy atom. The van der Waals surface area contributed by atoms with Crippen LogP contribution in [0.5, 0.6) is 0 Å². The van der Waals surface area contributed by atoms with Gasteiger partial charge in [0, 0.05) is 39.1 Å². The van der Waals surface area contributed by atoms with Crippen LogP contribution in [0, 0.1) is 6.92 Å². The Balaban J connectivity index is 1.53. The highest BCUT2D eigenvalue weighted by atomic mass is 16.2. The second-order valence-corrected chi connectivity index (χ2v) is 7.44. The fourth-order valence-electron chi connectivity index (χ4n) is 4.01. The summed E-state index contributed by atoms with van der Waals surface area (Å²) in [6, 6.07) is 7.84. The van der Waals surface area contributed by atoms with E-state index in [1.807, 2.05) is 50.2 Å². The summed E-state index contributed by atoms with van der Waals surface area (Å²) in [5, 5.41) is 2.99. The summed E-state index contributed by atoms with van der Waals surface area (Å²) in [6.45, 7) is 2.90. The lowest BCUT2D eigenvalue weighted by Crippen LogP contribution is -2.48. The van der Waals surface area contributed by atoms with E-state index in [9.17, 15) is 9.59 Å². The summed E-state index contributed by atoms with van der Waals surface area (Å²) in [7, 11) is 3.73. The number of amides is 2. The number of anilines is 2. The number of rotatable bonds is 2. The van der Waals surface area contributed by atoms with Crippen LogP contribution in [-0.2, 0) is 10.2 Å². The first-order chi connectivity index (χ1) is 12.9. The molecule has 0 atom stereocenters. The zero-order valence-electron chi connectivity index (χ0n) is 15.8. The lowest BCUT2D eigenvalue weighted by molar-refractivity contribution is -0.122. The highest BCUT2D eigenvalue weighted by Crippen LogP contribution is 2.44. The molecule has 0 aliphatic carbocycles. The molecule has 7 nitrogen and oxygen atoms in total. The quantitative estimate of drug-likeness (QED) is 0.880. The van der Waals surface area contributed by atoms with Crippen LogP contribution < -0.4 is 10.2 Å². The van der Waals surface area contributed by atoms with Gasteiger partial charge in [0.15, 0.2) is 0 Å². The summed E-state index contributed by atoms with van der Waals surface area (Å²) in [6.07, 6.45) is 2.84. The molecule has 1 fully saturated rings. The van der Waals surface area contributed by atoms with Gasteiger partial charge in [-0.2, -0.15) is 0 Å². The molecular weight excluding hydrogens is 342 g/mol. The molecule has 7 heteroatoms. The van der Waals surface area contributed by atoms with E-state index in [1.54, 1.807) is 11.1 Å². The minimum atomic E-state index is -0.520. The van der Waals surface area contributed by atoms with Gasteiger partial charge >= 0.3 is 0 Å². The molecule has 1 aromatic heterocycles. The highest BCUT2D eigenvalue weighted by molar-refractivity contribution is 6.06. The molecule has 0 bridgehead atoms. The first kappa shape index (κ1) is 17.5. The number of hydrogen-bond donors (Lipinski definition) is 1. The van der Waals surface area contributed by atoms with E-state index in [2.05, 4.69) is 15.3 Å². The third kappa shape index (κ3) is 2.74. The number of benzene rings is 1. The van der Waals surface area contributed by atoms with Crippen molar-refractivity contribution in [2.75, 3.05) is 37.4 Å². The van der Waals surface area contributed by atoms with Crippen LogP contribution in [0.25, 0.3) is 0 Å². The molecule has 1 aromatic carbocycles. The van der Waals surface area contributed by atoms with E-state index < -0.39 is 5.41 Å². The van der Waals surface area contributed by atoms with Crippen LogP contribution in [0.15, 0.2) is 30.5 Å². The Morgan fingerprint density at radius 2 is 1.93 bits per heavy atom. The summed E-state index contributed by atoms with van der Waals surface area (Å²) in [4.78, 5) is 37.9. The van der Waals surface area contributed by atoms with Crippen molar-refractivity contribution in [1.29, 1.82) is 0 Å². The third-order valence-corrected chi connectivity index (χ3v) is 5.63. The molecular formula is C20H23N5O2. The van der Waals surface area contributed by atoms with Gasteiger partial charge in [0.2, 0.25) is 11.9 Å². The van der Waals surface area contributed by atoms with Crippen LogP contribution >= 0.6 is 0 Å². The average molecular weight is 365 g/mol. The van der Waals surface area contributed by atoms with Crippen molar-refractivity contribution in [2.24, 2.45) is 0 Å². The largest absolute Gasteiger partial charge is 0.347 e. The third-order valence-electron chi connectivity index (χ3n) is 5.63. The fourth-order valence-corrected chi connectivity index (χ4v) is 4.01. The van der Waals surface area contributed by atoms with Crippen molar-refractivity contribution >= 4 is 23.5 Å². The molecule has 27 heavy (non-hydrogen) atoms. The number of hydrogen-bond acceptors (Lipinski definition) is 5. The Kier molecular flexibility index (Phi) is 4.09. The predicted molar refractivity (Wildman–Crippen MR) is 103 cm³/mol. The van der Waals surface area contributed by atoms with E-state index in [-0.39, 0.29) is 11.8 Å². The van der Waals surface area contributed by atoms with E-state index in [0.717, 1.165) is 11.3 Å². The van der Waals surface area contributed by atoms with Gasteiger partial charge in [-0.15, -0.1) is 0 Å². The molecule has 2 aliphatic rings. The van der Waals surface area contributed by atoms with Crippen molar-refractivity contribution in [3.05, 3.63) is 47.3 Å². The molecule has 1 saturated heterocycles. The summed E-state index contributed by atoms with van der Waals surface area (Å²) in [5.74, 6) is 0.561. The number of aryl methyl sites for hydroxylation is 1. The molecule has 1 N–H and O–H groups in total. The maximum atomic E-state index is 13.0. The zero-order chi connectivity index (χ0) is 19.2. The molecule has 140 valence electrons. The number of fused-ring (bicyclic) bond motifs is 2. The maximum absolute atomic E-state index is 13.0. The number of carbonyl (C=O) groups excluding carboxylic acids is 2. The molecule has 0 radical (unpaired) electrons. The van der Waals surface area contributed by atoms with E-state index in [0.29, 0.717) is 43.1 Å². The molecule has 0 unspecified atom stereocenters. The number of nitrogens with zero attached hydrogens (tertiary/aromatic N) is 4. The van der Waals surface area contributed by atoms with E-state index >= 15 is 0 Å². The number of aromatic nitrogens is 2. The van der Waals surface area contributed by atoms with Gasteiger partial charge in [0.05, 0.1) is 16.7 Å². The monoisotopic (exact) mass is 365 g/mol. The smallest absolute Gasteiger partial charge is 0.257 e. The number of piperidine rings is 1. The zero-order valence-corrected chi connectivity index (χ0v) is 15.8. The second-order valence-electron chi connectivity index (χ2n) is 7.44. The minimum Gasteiger partial charge on any atom is -0.347 e. The van der Waals surface area contributed by atoms with Crippen molar-refractivity contribution in [3.8, 4) is 0 Å². The van der Waals surface area contributed by atoms with Gasteiger partial charge in [0.1, 0.15) is 0 Å². The molecule has 0 saturated carbocycles. The van der Waals surface area contributed by atoms with Gasteiger partial charge in [0.25, 0.3) is 5.91 Å². The van der Waals surface area contributed by atoms with Gasteiger partial charge in [-0.1, -0.05) is 18.2 Å². The topological polar surface area (TPSA) is 78.4 Å². The van der Waals surface area contributed by atoms with Crippen molar-refractivity contribution in [1.82, 2.24) is 14.9 Å². The predicted octanol–water partition coefficient (Wildman–Crippen LogP) is 1.98. The lowest BCUT2D eigenvalue weighted by Gasteiger charge is -2.38. The number of para-hydroxylation sites is 1. The van der Waals surface area contributed by atoms with Crippen LogP contribution in [-0.4, -0.2) is 53.9 Å². The van der Waals surface area contributed by atoms with Crippen LogP contribution in [0.1, 0.15) is 34.5 Å². The average Bonchev–Trinajstić information content (AvgIpc) is 2.93. The Labute approximate surface area is 158 Å². The summed E-state index contributed by atoms with van der Waals surface area (Å²) in [5.41, 5.74) is 2.62.